The predicted octanol–water partition coefficient (Wildman–Crippen LogP) is 3.64. The molecule has 3 heteroatoms. The molecule has 0 amide bonds. The van der Waals surface area contributed by atoms with Gasteiger partial charge < -0.3 is 5.01 Å². The van der Waals surface area contributed by atoms with Crippen molar-refractivity contribution in [2.24, 2.45) is 5.84 Å². The van der Waals surface area contributed by atoms with Crippen molar-refractivity contribution in [3.63, 3.8) is 0 Å². The molecule has 2 aromatic carbocycles. The van der Waals surface area contributed by atoms with Crippen LogP contribution in [0.5, 0.6) is 0 Å². The normalized spacial score (nSPS) is 10.3. The summed E-state index contributed by atoms with van der Waals surface area (Å²) in [6, 6.07) is 16.3. The van der Waals surface area contributed by atoms with Crippen LogP contribution >= 0.6 is 15.9 Å². The molecule has 17 heavy (non-hydrogen) atoms. The number of aryl methyl sites for hydroxylation is 1. The first kappa shape index (κ1) is 12.1. The summed E-state index contributed by atoms with van der Waals surface area (Å²) in [6.45, 7) is 2.75. The standard InChI is InChI=1S/C14H15BrN2/c1-11-6-8-13(9-7-11)17(16)10-12-4-2-3-5-14(12)15/h2-9H,10,16H2,1H3. The fourth-order valence-electron chi connectivity index (χ4n) is 1.64. The van der Waals surface area contributed by atoms with Crippen LogP contribution in [0.15, 0.2) is 53.0 Å². The first-order valence-corrected chi connectivity index (χ1v) is 6.28. The number of hydrogen-bond acceptors (Lipinski definition) is 2. The molecule has 0 radical (unpaired) electrons. The summed E-state index contributed by atoms with van der Waals surface area (Å²) in [5, 5.41) is 1.75. The number of halogens is 1. The lowest BCUT2D eigenvalue weighted by Gasteiger charge is -2.19. The minimum Gasteiger partial charge on any atom is -0.307 e. The molecule has 2 aromatic rings. The van der Waals surface area contributed by atoms with E-state index in [1.807, 2.05) is 30.3 Å². The van der Waals surface area contributed by atoms with Crippen molar-refractivity contribution in [3.05, 3.63) is 64.1 Å². The van der Waals surface area contributed by atoms with E-state index in [1.165, 1.54) is 11.1 Å². The van der Waals surface area contributed by atoms with Crippen LogP contribution in [-0.4, -0.2) is 0 Å². The lowest BCUT2D eigenvalue weighted by atomic mass is 10.2. The third kappa shape index (κ3) is 3.08. The smallest absolute Gasteiger partial charge is 0.0603 e. The van der Waals surface area contributed by atoms with Gasteiger partial charge in [0.25, 0.3) is 0 Å². The highest BCUT2D eigenvalue weighted by Crippen LogP contribution is 2.20. The first-order valence-electron chi connectivity index (χ1n) is 5.49. The maximum atomic E-state index is 6.06. The Balaban J connectivity index is 2.14. The molecule has 0 aliphatic heterocycles. The van der Waals surface area contributed by atoms with Gasteiger partial charge in [0.05, 0.1) is 12.2 Å². The van der Waals surface area contributed by atoms with Gasteiger partial charge in [-0.2, -0.15) is 0 Å². The van der Waals surface area contributed by atoms with Gasteiger partial charge >= 0.3 is 0 Å². The molecule has 0 saturated carbocycles. The van der Waals surface area contributed by atoms with Gasteiger partial charge in [0.1, 0.15) is 0 Å². The van der Waals surface area contributed by atoms with Crippen LogP contribution in [-0.2, 0) is 6.54 Å². The zero-order valence-corrected chi connectivity index (χ0v) is 11.3. The predicted molar refractivity (Wildman–Crippen MR) is 75.7 cm³/mol. The van der Waals surface area contributed by atoms with E-state index in [0.717, 1.165) is 10.2 Å². The summed E-state index contributed by atoms with van der Waals surface area (Å²) < 4.78 is 1.09. The number of nitrogens with zero attached hydrogens (tertiary/aromatic N) is 1. The molecule has 0 spiro atoms. The number of benzene rings is 2. The molecule has 0 fully saturated rings. The van der Waals surface area contributed by atoms with E-state index in [1.54, 1.807) is 5.01 Å². The number of rotatable bonds is 3. The highest BCUT2D eigenvalue weighted by Gasteiger charge is 2.04. The zero-order chi connectivity index (χ0) is 12.3. The summed E-state index contributed by atoms with van der Waals surface area (Å²) in [4.78, 5) is 0. The Morgan fingerprint density at radius 2 is 1.71 bits per heavy atom. The number of nitrogens with two attached hydrogens (primary N) is 1. The quantitative estimate of drug-likeness (QED) is 0.691. The van der Waals surface area contributed by atoms with Crippen molar-refractivity contribution >= 4 is 21.6 Å². The van der Waals surface area contributed by atoms with Gasteiger partial charge in [-0.05, 0) is 30.7 Å². The zero-order valence-electron chi connectivity index (χ0n) is 9.73. The highest BCUT2D eigenvalue weighted by molar-refractivity contribution is 9.10. The Bertz CT molecular complexity index is 494. The van der Waals surface area contributed by atoms with Crippen LogP contribution in [0.3, 0.4) is 0 Å². The molecule has 0 bridgehead atoms. The first-order chi connectivity index (χ1) is 8.16. The summed E-state index contributed by atoms with van der Waals surface area (Å²) >= 11 is 3.53. The van der Waals surface area contributed by atoms with Crippen LogP contribution in [0.25, 0.3) is 0 Å². The topological polar surface area (TPSA) is 29.3 Å². The van der Waals surface area contributed by atoms with E-state index in [4.69, 9.17) is 5.84 Å². The molecule has 0 aromatic heterocycles. The maximum absolute atomic E-state index is 6.06. The fourth-order valence-corrected chi connectivity index (χ4v) is 2.05. The largest absolute Gasteiger partial charge is 0.307 e. The van der Waals surface area contributed by atoms with Crippen LogP contribution in [0, 0.1) is 6.92 Å². The van der Waals surface area contributed by atoms with E-state index in [-0.39, 0.29) is 0 Å². The summed E-state index contributed by atoms with van der Waals surface area (Å²) in [6.07, 6.45) is 0. The average Bonchev–Trinajstić information content (AvgIpc) is 2.33. The van der Waals surface area contributed by atoms with Crippen molar-refractivity contribution in [3.8, 4) is 0 Å². The maximum Gasteiger partial charge on any atom is 0.0603 e. The second kappa shape index (κ2) is 5.34. The van der Waals surface area contributed by atoms with Crippen LogP contribution in [0.1, 0.15) is 11.1 Å². The van der Waals surface area contributed by atoms with Crippen LogP contribution in [0.4, 0.5) is 5.69 Å². The molecule has 0 aliphatic carbocycles. The molecule has 0 saturated heterocycles. The van der Waals surface area contributed by atoms with Crippen molar-refractivity contribution < 1.29 is 0 Å². The average molecular weight is 291 g/mol. The molecule has 0 aliphatic rings. The number of anilines is 1. The molecular weight excluding hydrogens is 276 g/mol. The van der Waals surface area contributed by atoms with Gasteiger partial charge in [-0.1, -0.05) is 51.8 Å². The molecular formula is C14H15BrN2. The Morgan fingerprint density at radius 3 is 2.35 bits per heavy atom. The van der Waals surface area contributed by atoms with E-state index in [2.05, 4.69) is 41.1 Å². The van der Waals surface area contributed by atoms with Gasteiger partial charge in [0.15, 0.2) is 0 Å². The van der Waals surface area contributed by atoms with Crippen molar-refractivity contribution in [1.82, 2.24) is 0 Å². The molecule has 0 atom stereocenters. The van der Waals surface area contributed by atoms with E-state index in [9.17, 15) is 0 Å². The summed E-state index contributed by atoms with van der Waals surface area (Å²) in [5.41, 5.74) is 3.44. The van der Waals surface area contributed by atoms with Gasteiger partial charge in [-0.25, -0.2) is 5.84 Å². The minimum absolute atomic E-state index is 0.685. The monoisotopic (exact) mass is 290 g/mol. The molecule has 2 nitrogen and oxygen atoms in total. The molecule has 0 heterocycles. The van der Waals surface area contributed by atoms with Crippen molar-refractivity contribution in [1.29, 1.82) is 0 Å². The van der Waals surface area contributed by atoms with Crippen molar-refractivity contribution in [2.45, 2.75) is 13.5 Å². The molecule has 2 rings (SSSR count). The number of hydrazine groups is 1. The molecule has 2 N–H and O–H groups in total. The SMILES string of the molecule is Cc1ccc(N(N)Cc2ccccc2Br)cc1. The van der Waals surface area contributed by atoms with Gasteiger partial charge in [-0.15, -0.1) is 0 Å². The van der Waals surface area contributed by atoms with Gasteiger partial charge in [0, 0.05) is 4.47 Å². The highest BCUT2D eigenvalue weighted by atomic mass is 79.9. The second-order valence-electron chi connectivity index (χ2n) is 4.05. The third-order valence-electron chi connectivity index (χ3n) is 2.66. The Labute approximate surface area is 110 Å². The van der Waals surface area contributed by atoms with Crippen LogP contribution in [0.2, 0.25) is 0 Å². The minimum atomic E-state index is 0.685. The van der Waals surface area contributed by atoms with Gasteiger partial charge in [0.2, 0.25) is 0 Å². The summed E-state index contributed by atoms with van der Waals surface area (Å²) in [7, 11) is 0. The Morgan fingerprint density at radius 1 is 1.06 bits per heavy atom. The van der Waals surface area contributed by atoms with E-state index >= 15 is 0 Å². The van der Waals surface area contributed by atoms with Crippen molar-refractivity contribution in [2.75, 3.05) is 5.01 Å². The molecule has 0 unspecified atom stereocenters. The van der Waals surface area contributed by atoms with Crippen LogP contribution < -0.4 is 10.9 Å². The van der Waals surface area contributed by atoms with Gasteiger partial charge in [-0.3, -0.25) is 0 Å². The summed E-state index contributed by atoms with van der Waals surface area (Å²) in [5.74, 6) is 6.06. The lowest BCUT2D eigenvalue weighted by molar-refractivity contribution is 0.849. The van der Waals surface area contributed by atoms with E-state index in [0.29, 0.717) is 6.54 Å². The second-order valence-corrected chi connectivity index (χ2v) is 4.91. The third-order valence-corrected chi connectivity index (χ3v) is 3.44. The lowest BCUT2D eigenvalue weighted by Crippen LogP contribution is -2.30. The Hall–Kier alpha value is -1.32. The number of hydrogen-bond donors (Lipinski definition) is 1. The fraction of sp³-hybridized carbons (Fsp3) is 0.143. The molecule has 88 valence electrons. The van der Waals surface area contributed by atoms with E-state index < -0.39 is 0 Å². The Kier molecular flexibility index (Phi) is 3.82.